The van der Waals surface area contributed by atoms with Gasteiger partial charge in [-0.1, -0.05) is 19.8 Å². The van der Waals surface area contributed by atoms with Crippen molar-refractivity contribution in [1.29, 1.82) is 0 Å². The number of hydrogen-bond acceptors (Lipinski definition) is 4. The minimum absolute atomic E-state index is 0.000866. The minimum atomic E-state index is -0.000866. The van der Waals surface area contributed by atoms with Crippen LogP contribution in [0, 0.1) is 11.8 Å². The van der Waals surface area contributed by atoms with E-state index >= 15 is 0 Å². The maximum absolute atomic E-state index is 12.3. The van der Waals surface area contributed by atoms with E-state index in [9.17, 15) is 4.79 Å². The standard InChI is InChI=1S/C17H30N2O3/c1-13-4-2-3-5-15(13)18-16(20)12-19-8-6-14(7-9-19)17-21-10-11-22-17/h13-15,17H,2-12H2,1H3,(H,18,20). The van der Waals surface area contributed by atoms with Gasteiger partial charge in [0.05, 0.1) is 19.8 Å². The number of amides is 1. The smallest absolute Gasteiger partial charge is 0.234 e. The molecule has 1 saturated carbocycles. The number of ether oxygens (including phenoxy) is 2. The number of piperidine rings is 1. The number of carbonyl (C=O) groups excluding carboxylic acids is 1. The Bertz CT molecular complexity index is 363. The summed E-state index contributed by atoms with van der Waals surface area (Å²) in [6, 6.07) is 0.388. The number of rotatable bonds is 4. The first-order valence-corrected chi connectivity index (χ1v) is 8.97. The molecule has 2 atom stereocenters. The number of carbonyl (C=O) groups is 1. The van der Waals surface area contributed by atoms with E-state index in [1.165, 1.54) is 19.3 Å². The molecule has 1 N–H and O–H groups in total. The summed E-state index contributed by atoms with van der Waals surface area (Å²) in [4.78, 5) is 14.5. The topological polar surface area (TPSA) is 50.8 Å². The van der Waals surface area contributed by atoms with Gasteiger partial charge in [0.25, 0.3) is 0 Å². The van der Waals surface area contributed by atoms with Gasteiger partial charge in [0.15, 0.2) is 6.29 Å². The Morgan fingerprint density at radius 1 is 1.09 bits per heavy atom. The molecule has 0 bridgehead atoms. The first-order chi connectivity index (χ1) is 10.7. The van der Waals surface area contributed by atoms with Crippen LogP contribution in [-0.4, -0.2) is 56.0 Å². The largest absolute Gasteiger partial charge is 0.352 e. The third-order valence-electron chi connectivity index (χ3n) is 5.49. The van der Waals surface area contributed by atoms with Crippen LogP contribution in [0.15, 0.2) is 0 Å². The number of likely N-dealkylation sites (tertiary alicyclic amines) is 1. The molecule has 0 radical (unpaired) electrons. The summed E-state index contributed by atoms with van der Waals surface area (Å²) in [7, 11) is 0. The van der Waals surface area contributed by atoms with Crippen molar-refractivity contribution in [2.24, 2.45) is 11.8 Å². The zero-order valence-electron chi connectivity index (χ0n) is 13.8. The summed E-state index contributed by atoms with van der Waals surface area (Å²) in [5.41, 5.74) is 0. The molecule has 2 aliphatic heterocycles. The molecule has 1 aliphatic carbocycles. The van der Waals surface area contributed by atoms with Crippen LogP contribution in [0.1, 0.15) is 45.4 Å². The second-order valence-electron chi connectivity index (χ2n) is 7.16. The van der Waals surface area contributed by atoms with E-state index in [4.69, 9.17) is 9.47 Å². The van der Waals surface area contributed by atoms with Crippen molar-refractivity contribution in [3.63, 3.8) is 0 Å². The summed E-state index contributed by atoms with van der Waals surface area (Å²) >= 11 is 0. The highest BCUT2D eigenvalue weighted by molar-refractivity contribution is 5.78. The number of nitrogens with one attached hydrogen (secondary N) is 1. The van der Waals surface area contributed by atoms with Gasteiger partial charge < -0.3 is 14.8 Å². The highest BCUT2D eigenvalue weighted by Gasteiger charge is 2.31. The fourth-order valence-corrected chi connectivity index (χ4v) is 4.02. The summed E-state index contributed by atoms with van der Waals surface area (Å²) < 4.78 is 11.2. The summed E-state index contributed by atoms with van der Waals surface area (Å²) in [5.74, 6) is 1.32. The van der Waals surface area contributed by atoms with Gasteiger partial charge in [0.1, 0.15) is 0 Å². The lowest BCUT2D eigenvalue weighted by atomic mass is 9.86. The lowest BCUT2D eigenvalue weighted by molar-refractivity contribution is -0.125. The van der Waals surface area contributed by atoms with Gasteiger partial charge in [0, 0.05) is 12.0 Å². The first kappa shape index (κ1) is 16.2. The quantitative estimate of drug-likeness (QED) is 0.860. The summed E-state index contributed by atoms with van der Waals surface area (Å²) in [5, 5.41) is 3.25. The van der Waals surface area contributed by atoms with Crippen LogP contribution in [0.3, 0.4) is 0 Å². The second kappa shape index (κ2) is 7.75. The van der Waals surface area contributed by atoms with Gasteiger partial charge in [-0.15, -0.1) is 0 Å². The summed E-state index contributed by atoms with van der Waals surface area (Å²) in [6.45, 7) is 6.21. The van der Waals surface area contributed by atoms with Gasteiger partial charge in [-0.2, -0.15) is 0 Å². The molecule has 0 spiro atoms. The Hall–Kier alpha value is -0.650. The van der Waals surface area contributed by atoms with Crippen LogP contribution in [-0.2, 0) is 14.3 Å². The molecule has 22 heavy (non-hydrogen) atoms. The van der Waals surface area contributed by atoms with Gasteiger partial charge >= 0.3 is 0 Å². The third-order valence-corrected chi connectivity index (χ3v) is 5.49. The van der Waals surface area contributed by atoms with Crippen molar-refractivity contribution in [3.8, 4) is 0 Å². The molecule has 3 fully saturated rings. The molecule has 0 aromatic rings. The molecule has 2 heterocycles. The molecule has 2 saturated heterocycles. The Morgan fingerprint density at radius 2 is 1.77 bits per heavy atom. The van der Waals surface area contributed by atoms with Crippen LogP contribution in [0.5, 0.6) is 0 Å². The van der Waals surface area contributed by atoms with Crippen molar-refractivity contribution in [2.45, 2.75) is 57.8 Å². The highest BCUT2D eigenvalue weighted by Crippen LogP contribution is 2.26. The molecule has 126 valence electrons. The Kier molecular flexibility index (Phi) is 5.71. The van der Waals surface area contributed by atoms with Crippen LogP contribution < -0.4 is 5.32 Å². The molecular weight excluding hydrogens is 280 g/mol. The minimum Gasteiger partial charge on any atom is -0.352 e. The van der Waals surface area contributed by atoms with E-state index in [-0.39, 0.29) is 12.2 Å². The van der Waals surface area contributed by atoms with Crippen molar-refractivity contribution in [3.05, 3.63) is 0 Å². The highest BCUT2D eigenvalue weighted by atomic mass is 16.7. The van der Waals surface area contributed by atoms with Crippen molar-refractivity contribution < 1.29 is 14.3 Å². The van der Waals surface area contributed by atoms with E-state index in [1.807, 2.05) is 0 Å². The molecule has 5 heteroatoms. The Labute approximate surface area is 133 Å². The maximum atomic E-state index is 12.3. The lowest BCUT2D eigenvalue weighted by Gasteiger charge is -2.34. The van der Waals surface area contributed by atoms with Crippen LogP contribution in [0.25, 0.3) is 0 Å². The van der Waals surface area contributed by atoms with Crippen LogP contribution in [0.2, 0.25) is 0 Å². The predicted molar refractivity (Wildman–Crippen MR) is 84.4 cm³/mol. The van der Waals surface area contributed by atoms with Gasteiger partial charge in [-0.05, 0) is 44.7 Å². The number of nitrogens with zero attached hydrogens (tertiary/aromatic N) is 1. The molecular formula is C17H30N2O3. The molecule has 0 aromatic carbocycles. The molecule has 5 nitrogen and oxygen atoms in total. The molecule has 3 rings (SSSR count). The van der Waals surface area contributed by atoms with Crippen LogP contribution >= 0.6 is 0 Å². The molecule has 1 amide bonds. The first-order valence-electron chi connectivity index (χ1n) is 8.97. The molecule has 3 aliphatic rings. The predicted octanol–water partition coefficient (Wildman–Crippen LogP) is 1.77. The fraction of sp³-hybridized carbons (Fsp3) is 0.941. The lowest BCUT2D eigenvalue weighted by Crippen LogP contribution is -2.47. The van der Waals surface area contributed by atoms with E-state index in [1.54, 1.807) is 0 Å². The third kappa shape index (κ3) is 4.21. The maximum Gasteiger partial charge on any atom is 0.234 e. The monoisotopic (exact) mass is 310 g/mol. The second-order valence-corrected chi connectivity index (χ2v) is 7.16. The number of hydrogen-bond donors (Lipinski definition) is 1. The molecule has 0 aromatic heterocycles. The van der Waals surface area contributed by atoms with Crippen LogP contribution in [0.4, 0.5) is 0 Å². The Morgan fingerprint density at radius 3 is 2.45 bits per heavy atom. The SMILES string of the molecule is CC1CCCCC1NC(=O)CN1CCC(C2OCCO2)CC1. The normalized spacial score (nSPS) is 32.2. The van der Waals surface area contributed by atoms with Gasteiger partial charge in [-0.3, -0.25) is 9.69 Å². The van der Waals surface area contributed by atoms with Crippen molar-refractivity contribution in [1.82, 2.24) is 10.2 Å². The van der Waals surface area contributed by atoms with E-state index < -0.39 is 0 Å². The molecule has 2 unspecified atom stereocenters. The average molecular weight is 310 g/mol. The zero-order chi connectivity index (χ0) is 15.4. The zero-order valence-corrected chi connectivity index (χ0v) is 13.8. The fourth-order valence-electron chi connectivity index (χ4n) is 4.02. The van der Waals surface area contributed by atoms with E-state index in [0.29, 0.717) is 24.4 Å². The van der Waals surface area contributed by atoms with Crippen molar-refractivity contribution >= 4 is 5.91 Å². The van der Waals surface area contributed by atoms with Gasteiger partial charge in [-0.25, -0.2) is 0 Å². The van der Waals surface area contributed by atoms with Gasteiger partial charge in [0.2, 0.25) is 5.91 Å². The van der Waals surface area contributed by atoms with E-state index in [2.05, 4.69) is 17.1 Å². The van der Waals surface area contributed by atoms with E-state index in [0.717, 1.165) is 45.6 Å². The average Bonchev–Trinajstić information content (AvgIpc) is 3.05. The Balaban J connectivity index is 1.37. The summed E-state index contributed by atoms with van der Waals surface area (Å²) in [6.07, 6.45) is 7.09. The van der Waals surface area contributed by atoms with Crippen molar-refractivity contribution in [2.75, 3.05) is 32.8 Å².